The predicted molar refractivity (Wildman–Crippen MR) is 74.3 cm³/mol. The third-order valence-electron chi connectivity index (χ3n) is 5.01. The largest absolute Gasteiger partial charge is 0.301 e. The Kier molecular flexibility index (Phi) is 4.14. The van der Waals surface area contributed by atoms with E-state index in [-0.39, 0.29) is 0 Å². The first-order valence-corrected chi connectivity index (χ1v) is 7.50. The molecule has 2 aliphatic heterocycles. The maximum Gasteiger partial charge on any atom is 0.00416 e. The Labute approximate surface area is 107 Å². The van der Waals surface area contributed by atoms with Crippen molar-refractivity contribution in [3.05, 3.63) is 0 Å². The second-order valence-corrected chi connectivity index (χ2v) is 6.80. The van der Waals surface area contributed by atoms with Crippen LogP contribution in [-0.4, -0.2) is 48.1 Å². The minimum atomic E-state index is 0.661. The second-order valence-electron chi connectivity index (χ2n) is 6.80. The van der Waals surface area contributed by atoms with E-state index in [4.69, 9.17) is 0 Å². The number of likely N-dealkylation sites (tertiary alicyclic amines) is 2. The molecule has 0 aromatic rings. The van der Waals surface area contributed by atoms with Crippen molar-refractivity contribution < 1.29 is 0 Å². The summed E-state index contributed by atoms with van der Waals surface area (Å²) < 4.78 is 0. The summed E-state index contributed by atoms with van der Waals surface area (Å²) in [7, 11) is 0. The van der Waals surface area contributed by atoms with Crippen molar-refractivity contribution in [3.8, 4) is 0 Å². The van der Waals surface area contributed by atoms with Gasteiger partial charge >= 0.3 is 0 Å². The zero-order valence-corrected chi connectivity index (χ0v) is 12.2. The molecular formula is C15H30N2. The summed E-state index contributed by atoms with van der Waals surface area (Å²) in [4.78, 5) is 5.36. The number of hydrogen-bond acceptors (Lipinski definition) is 2. The molecule has 0 aromatic heterocycles. The molecule has 0 atom stereocenters. The summed E-state index contributed by atoms with van der Waals surface area (Å²) in [5.41, 5.74) is 0.661. The molecule has 0 saturated carbocycles. The molecule has 2 fully saturated rings. The molecule has 0 bridgehead atoms. The van der Waals surface area contributed by atoms with E-state index < -0.39 is 0 Å². The molecule has 0 aromatic carbocycles. The number of hydrogen-bond donors (Lipinski definition) is 0. The van der Waals surface area contributed by atoms with Gasteiger partial charge in [-0.05, 0) is 78.4 Å². The van der Waals surface area contributed by atoms with Gasteiger partial charge in [-0.15, -0.1) is 0 Å². The predicted octanol–water partition coefficient (Wildman–Crippen LogP) is 2.98. The third kappa shape index (κ3) is 3.03. The minimum absolute atomic E-state index is 0.661. The van der Waals surface area contributed by atoms with E-state index in [9.17, 15) is 0 Å². The van der Waals surface area contributed by atoms with Gasteiger partial charge in [0, 0.05) is 18.6 Å². The number of nitrogens with zero attached hydrogens (tertiary/aromatic N) is 2. The van der Waals surface area contributed by atoms with Crippen LogP contribution in [0.15, 0.2) is 0 Å². The molecule has 0 aliphatic carbocycles. The van der Waals surface area contributed by atoms with Crippen molar-refractivity contribution in [1.82, 2.24) is 9.80 Å². The molecule has 0 radical (unpaired) electrons. The van der Waals surface area contributed by atoms with Crippen LogP contribution in [0.2, 0.25) is 0 Å². The molecular weight excluding hydrogens is 208 g/mol. The molecule has 0 amide bonds. The quantitative estimate of drug-likeness (QED) is 0.730. The van der Waals surface area contributed by atoms with E-state index >= 15 is 0 Å². The molecule has 2 aliphatic rings. The first kappa shape index (κ1) is 13.4. The van der Waals surface area contributed by atoms with E-state index in [1.54, 1.807) is 0 Å². The van der Waals surface area contributed by atoms with Crippen LogP contribution >= 0.6 is 0 Å². The molecule has 100 valence electrons. The van der Waals surface area contributed by atoms with Gasteiger partial charge in [0.15, 0.2) is 0 Å². The number of rotatable bonds is 2. The lowest BCUT2D eigenvalue weighted by atomic mass is 9.72. The molecule has 2 nitrogen and oxygen atoms in total. The van der Waals surface area contributed by atoms with Crippen LogP contribution in [0.25, 0.3) is 0 Å². The molecule has 2 heterocycles. The molecule has 2 saturated heterocycles. The highest BCUT2D eigenvalue weighted by molar-refractivity contribution is 4.92. The summed E-state index contributed by atoms with van der Waals surface area (Å²) >= 11 is 0. The molecule has 1 spiro atoms. The van der Waals surface area contributed by atoms with Crippen molar-refractivity contribution in [2.45, 2.75) is 65.5 Å². The Balaban J connectivity index is 1.93. The lowest BCUT2D eigenvalue weighted by molar-refractivity contribution is 0.00442. The highest BCUT2D eigenvalue weighted by Gasteiger charge is 2.38. The zero-order valence-electron chi connectivity index (χ0n) is 12.2. The van der Waals surface area contributed by atoms with Gasteiger partial charge in [0.05, 0.1) is 0 Å². The van der Waals surface area contributed by atoms with E-state index in [0.717, 1.165) is 12.1 Å². The van der Waals surface area contributed by atoms with Crippen LogP contribution in [0, 0.1) is 5.41 Å². The maximum atomic E-state index is 2.70. The van der Waals surface area contributed by atoms with Gasteiger partial charge in [0.2, 0.25) is 0 Å². The summed E-state index contributed by atoms with van der Waals surface area (Å²) in [6, 6.07) is 1.47. The van der Waals surface area contributed by atoms with Crippen LogP contribution in [0.3, 0.4) is 0 Å². The molecule has 2 heteroatoms. The van der Waals surface area contributed by atoms with Crippen molar-refractivity contribution in [3.63, 3.8) is 0 Å². The smallest absolute Gasteiger partial charge is 0.00416 e. The van der Waals surface area contributed by atoms with Crippen LogP contribution in [0.4, 0.5) is 0 Å². The van der Waals surface area contributed by atoms with Gasteiger partial charge in [-0.2, -0.15) is 0 Å². The van der Waals surface area contributed by atoms with Gasteiger partial charge < -0.3 is 9.80 Å². The van der Waals surface area contributed by atoms with Crippen LogP contribution in [0.1, 0.15) is 53.4 Å². The van der Waals surface area contributed by atoms with Crippen molar-refractivity contribution >= 4 is 0 Å². The summed E-state index contributed by atoms with van der Waals surface area (Å²) in [6.45, 7) is 14.7. The van der Waals surface area contributed by atoms with E-state index in [2.05, 4.69) is 37.5 Å². The van der Waals surface area contributed by atoms with Crippen molar-refractivity contribution in [1.29, 1.82) is 0 Å². The lowest BCUT2D eigenvalue weighted by Gasteiger charge is -2.49. The fourth-order valence-electron chi connectivity index (χ4n) is 3.61. The van der Waals surface area contributed by atoms with Gasteiger partial charge in [-0.25, -0.2) is 0 Å². The van der Waals surface area contributed by atoms with Crippen molar-refractivity contribution in [2.24, 2.45) is 5.41 Å². The normalized spacial score (nSPS) is 27.2. The summed E-state index contributed by atoms with van der Waals surface area (Å²) in [5.74, 6) is 0. The van der Waals surface area contributed by atoms with E-state index in [0.29, 0.717) is 5.41 Å². The van der Waals surface area contributed by atoms with Crippen LogP contribution in [-0.2, 0) is 0 Å². The van der Waals surface area contributed by atoms with Gasteiger partial charge in [0.1, 0.15) is 0 Å². The fraction of sp³-hybridized carbons (Fsp3) is 1.00. The second kappa shape index (κ2) is 5.27. The standard InChI is InChI=1S/C15H30N2/c1-13(2)16-10-7-15(8-11-16)6-5-9-17(12-15)14(3)4/h13-14H,5-12H2,1-4H3. The average molecular weight is 238 g/mol. The first-order chi connectivity index (χ1) is 8.02. The lowest BCUT2D eigenvalue weighted by Crippen LogP contribution is -2.52. The zero-order chi connectivity index (χ0) is 12.5. The van der Waals surface area contributed by atoms with Gasteiger partial charge in [-0.1, -0.05) is 0 Å². The molecule has 0 N–H and O–H groups in total. The Hall–Kier alpha value is -0.0800. The highest BCUT2D eigenvalue weighted by Crippen LogP contribution is 2.40. The fourth-order valence-corrected chi connectivity index (χ4v) is 3.61. The Morgan fingerprint density at radius 3 is 1.88 bits per heavy atom. The van der Waals surface area contributed by atoms with Gasteiger partial charge in [-0.3, -0.25) is 0 Å². The third-order valence-corrected chi connectivity index (χ3v) is 5.01. The summed E-state index contributed by atoms with van der Waals surface area (Å²) in [5, 5.41) is 0. The van der Waals surface area contributed by atoms with Gasteiger partial charge in [0.25, 0.3) is 0 Å². The monoisotopic (exact) mass is 238 g/mol. The Morgan fingerprint density at radius 2 is 1.35 bits per heavy atom. The molecule has 2 rings (SSSR count). The van der Waals surface area contributed by atoms with Crippen LogP contribution < -0.4 is 0 Å². The topological polar surface area (TPSA) is 6.48 Å². The van der Waals surface area contributed by atoms with Crippen molar-refractivity contribution in [2.75, 3.05) is 26.2 Å². The average Bonchev–Trinajstić information content (AvgIpc) is 2.29. The number of piperidine rings is 2. The maximum absolute atomic E-state index is 2.70. The van der Waals surface area contributed by atoms with Crippen LogP contribution in [0.5, 0.6) is 0 Å². The summed E-state index contributed by atoms with van der Waals surface area (Å²) in [6.07, 6.45) is 5.74. The molecule has 0 unspecified atom stereocenters. The first-order valence-electron chi connectivity index (χ1n) is 7.50. The Morgan fingerprint density at radius 1 is 0.765 bits per heavy atom. The highest BCUT2D eigenvalue weighted by atomic mass is 15.2. The SMILES string of the molecule is CC(C)N1CCC2(CCCN(C(C)C)C2)CC1. The Bertz CT molecular complexity index is 239. The van der Waals surface area contributed by atoms with E-state index in [1.165, 1.54) is 51.9 Å². The minimum Gasteiger partial charge on any atom is -0.301 e. The molecule has 17 heavy (non-hydrogen) atoms. The van der Waals surface area contributed by atoms with E-state index in [1.807, 2.05) is 0 Å².